The van der Waals surface area contributed by atoms with Crippen molar-refractivity contribution in [2.24, 2.45) is 0 Å². The number of amides is 1. The van der Waals surface area contributed by atoms with Crippen LogP contribution < -0.4 is 4.90 Å². The lowest BCUT2D eigenvalue weighted by molar-refractivity contribution is 0.0580. The summed E-state index contributed by atoms with van der Waals surface area (Å²) in [6.07, 6.45) is 4.95. The van der Waals surface area contributed by atoms with E-state index in [9.17, 15) is 4.79 Å². The normalized spacial score (nSPS) is 19.4. The molecule has 1 aromatic heterocycles. The first-order valence-corrected chi connectivity index (χ1v) is 8.49. The highest BCUT2D eigenvalue weighted by Crippen LogP contribution is 2.34. The second kappa shape index (κ2) is 7.30. The monoisotopic (exact) mass is 319 g/mol. The molecule has 1 aromatic rings. The Morgan fingerprint density at radius 3 is 2.78 bits per heavy atom. The molecule has 0 spiro atoms. The molecular weight excluding hydrogens is 290 g/mol. The van der Waals surface area contributed by atoms with E-state index in [0.717, 1.165) is 24.3 Å². The average Bonchev–Trinajstić information content (AvgIpc) is 2.47. The Morgan fingerprint density at radius 1 is 1.43 bits per heavy atom. The van der Waals surface area contributed by atoms with E-state index in [1.165, 1.54) is 12.8 Å². The van der Waals surface area contributed by atoms with E-state index in [1.807, 2.05) is 33.8 Å². The molecule has 0 N–H and O–H groups in total. The standard InChI is InChI=1S/C18H29N3O2/c1-6-21(17(22)23-18(2,3)4)16-14(10-9-12-19-16)15-11-7-8-13-20(15)5/h9-10,12,15H,6-8,11,13H2,1-5H3/t15-/m0/s1. The first-order chi connectivity index (χ1) is 10.8. The van der Waals surface area contributed by atoms with E-state index in [2.05, 4.69) is 23.0 Å². The Balaban J connectivity index is 2.32. The summed E-state index contributed by atoms with van der Waals surface area (Å²) < 4.78 is 5.55. The molecule has 0 radical (unpaired) electrons. The lowest BCUT2D eigenvalue weighted by Crippen LogP contribution is -2.39. The lowest BCUT2D eigenvalue weighted by Gasteiger charge is -2.35. The average molecular weight is 319 g/mol. The molecule has 128 valence electrons. The van der Waals surface area contributed by atoms with Gasteiger partial charge in [-0.3, -0.25) is 9.80 Å². The summed E-state index contributed by atoms with van der Waals surface area (Å²) in [5.41, 5.74) is 0.601. The predicted molar refractivity (Wildman–Crippen MR) is 92.7 cm³/mol. The summed E-state index contributed by atoms with van der Waals surface area (Å²) in [4.78, 5) is 21.1. The molecule has 23 heavy (non-hydrogen) atoms. The van der Waals surface area contributed by atoms with Gasteiger partial charge in [-0.05, 0) is 60.2 Å². The minimum Gasteiger partial charge on any atom is -0.443 e. The van der Waals surface area contributed by atoms with Crippen LogP contribution in [0, 0.1) is 0 Å². The molecule has 5 nitrogen and oxygen atoms in total. The first-order valence-electron chi connectivity index (χ1n) is 8.49. The number of nitrogens with zero attached hydrogens (tertiary/aromatic N) is 3. The molecule has 1 fully saturated rings. The van der Waals surface area contributed by atoms with Crippen molar-refractivity contribution < 1.29 is 9.53 Å². The van der Waals surface area contributed by atoms with Crippen molar-refractivity contribution in [2.45, 2.75) is 58.6 Å². The number of anilines is 1. The Bertz CT molecular complexity index is 539. The SMILES string of the molecule is CCN(C(=O)OC(C)(C)C)c1ncccc1[C@@H]1CCCCN1C. The number of hydrogen-bond acceptors (Lipinski definition) is 4. The fourth-order valence-corrected chi connectivity index (χ4v) is 3.05. The van der Waals surface area contributed by atoms with E-state index in [1.54, 1.807) is 11.1 Å². The Hall–Kier alpha value is -1.62. The van der Waals surface area contributed by atoms with E-state index in [0.29, 0.717) is 12.6 Å². The molecule has 1 saturated heterocycles. The highest BCUT2D eigenvalue weighted by Gasteiger charge is 2.29. The van der Waals surface area contributed by atoms with Crippen LogP contribution in [0.3, 0.4) is 0 Å². The Labute approximate surface area is 139 Å². The van der Waals surface area contributed by atoms with E-state index >= 15 is 0 Å². The number of pyridine rings is 1. The number of carbonyl (C=O) groups excluding carboxylic acids is 1. The second-order valence-corrected chi connectivity index (χ2v) is 7.13. The summed E-state index contributed by atoms with van der Waals surface area (Å²) in [5.74, 6) is 0.725. The molecule has 0 aliphatic carbocycles. The van der Waals surface area contributed by atoms with Crippen LogP contribution in [0.5, 0.6) is 0 Å². The van der Waals surface area contributed by atoms with E-state index < -0.39 is 5.60 Å². The maximum atomic E-state index is 12.6. The number of aromatic nitrogens is 1. The van der Waals surface area contributed by atoms with Crippen molar-refractivity contribution in [1.29, 1.82) is 0 Å². The molecule has 1 amide bonds. The van der Waals surface area contributed by atoms with Gasteiger partial charge in [-0.15, -0.1) is 0 Å². The number of piperidine rings is 1. The van der Waals surface area contributed by atoms with Crippen LogP contribution in [-0.2, 0) is 4.74 Å². The number of hydrogen-bond donors (Lipinski definition) is 0. The highest BCUT2D eigenvalue weighted by molar-refractivity contribution is 5.87. The molecule has 2 heterocycles. The van der Waals surface area contributed by atoms with Crippen molar-refractivity contribution in [1.82, 2.24) is 9.88 Å². The number of likely N-dealkylation sites (tertiary alicyclic amines) is 1. The van der Waals surface area contributed by atoms with Crippen molar-refractivity contribution in [3.8, 4) is 0 Å². The molecule has 2 rings (SSSR count). The van der Waals surface area contributed by atoms with Gasteiger partial charge in [0.2, 0.25) is 0 Å². The number of carbonyl (C=O) groups is 1. The molecule has 1 aliphatic rings. The molecule has 0 saturated carbocycles. The van der Waals surface area contributed by atoms with E-state index in [4.69, 9.17) is 4.74 Å². The Kier molecular flexibility index (Phi) is 5.63. The molecule has 1 atom stereocenters. The van der Waals surface area contributed by atoms with Crippen LogP contribution in [0.25, 0.3) is 0 Å². The molecule has 1 aliphatic heterocycles. The third-order valence-electron chi connectivity index (χ3n) is 4.13. The van der Waals surface area contributed by atoms with Crippen molar-refractivity contribution in [3.63, 3.8) is 0 Å². The number of rotatable bonds is 3. The van der Waals surface area contributed by atoms with Gasteiger partial charge in [-0.25, -0.2) is 9.78 Å². The summed E-state index contributed by atoms with van der Waals surface area (Å²) in [6.45, 7) is 9.22. The smallest absolute Gasteiger partial charge is 0.415 e. The molecule has 5 heteroatoms. The van der Waals surface area contributed by atoms with Gasteiger partial charge in [0.25, 0.3) is 0 Å². The summed E-state index contributed by atoms with van der Waals surface area (Å²) in [6, 6.07) is 4.34. The van der Waals surface area contributed by atoms with Crippen molar-refractivity contribution in [2.75, 3.05) is 25.0 Å². The van der Waals surface area contributed by atoms with Gasteiger partial charge in [-0.1, -0.05) is 12.5 Å². The van der Waals surface area contributed by atoms with Gasteiger partial charge in [0.1, 0.15) is 11.4 Å². The fraction of sp³-hybridized carbons (Fsp3) is 0.667. The summed E-state index contributed by atoms with van der Waals surface area (Å²) in [7, 11) is 2.14. The molecular formula is C18H29N3O2. The molecule has 0 unspecified atom stereocenters. The van der Waals surface area contributed by atoms with Crippen LogP contribution in [0.15, 0.2) is 18.3 Å². The molecule has 0 bridgehead atoms. The van der Waals surface area contributed by atoms with Crippen LogP contribution in [0.1, 0.15) is 58.6 Å². The van der Waals surface area contributed by atoms with Crippen molar-refractivity contribution in [3.05, 3.63) is 23.9 Å². The van der Waals surface area contributed by atoms with Crippen LogP contribution in [0.2, 0.25) is 0 Å². The minimum atomic E-state index is -0.513. The Morgan fingerprint density at radius 2 is 2.17 bits per heavy atom. The predicted octanol–water partition coefficient (Wildman–Crippen LogP) is 4.00. The third kappa shape index (κ3) is 4.44. The van der Waals surface area contributed by atoms with Gasteiger partial charge >= 0.3 is 6.09 Å². The maximum Gasteiger partial charge on any atom is 0.415 e. The van der Waals surface area contributed by atoms with Gasteiger partial charge < -0.3 is 4.74 Å². The quantitative estimate of drug-likeness (QED) is 0.845. The first kappa shape index (κ1) is 17.7. The maximum absolute atomic E-state index is 12.6. The zero-order valence-electron chi connectivity index (χ0n) is 15.0. The zero-order valence-corrected chi connectivity index (χ0v) is 15.0. The minimum absolute atomic E-state index is 0.309. The molecule has 0 aromatic carbocycles. The van der Waals surface area contributed by atoms with Crippen LogP contribution >= 0.6 is 0 Å². The summed E-state index contributed by atoms with van der Waals surface area (Å²) >= 11 is 0. The zero-order chi connectivity index (χ0) is 17.0. The van der Waals surface area contributed by atoms with Gasteiger partial charge in [-0.2, -0.15) is 0 Å². The van der Waals surface area contributed by atoms with Crippen molar-refractivity contribution >= 4 is 11.9 Å². The van der Waals surface area contributed by atoms with Gasteiger partial charge in [0.05, 0.1) is 0 Å². The highest BCUT2D eigenvalue weighted by atomic mass is 16.6. The van der Waals surface area contributed by atoms with Crippen LogP contribution in [-0.4, -0.2) is 41.7 Å². The van der Waals surface area contributed by atoms with E-state index in [-0.39, 0.29) is 6.09 Å². The van der Waals surface area contributed by atoms with Crippen LogP contribution in [0.4, 0.5) is 10.6 Å². The van der Waals surface area contributed by atoms with Gasteiger partial charge in [0.15, 0.2) is 0 Å². The summed E-state index contributed by atoms with van der Waals surface area (Å²) in [5, 5.41) is 0. The topological polar surface area (TPSA) is 45.7 Å². The number of ether oxygens (including phenoxy) is 1. The third-order valence-corrected chi connectivity index (χ3v) is 4.13. The largest absolute Gasteiger partial charge is 0.443 e. The van der Waals surface area contributed by atoms with Gasteiger partial charge in [0, 0.05) is 24.3 Å². The second-order valence-electron chi connectivity index (χ2n) is 7.13. The fourth-order valence-electron chi connectivity index (χ4n) is 3.05. The lowest BCUT2D eigenvalue weighted by atomic mass is 9.96.